The number of ether oxygens (including phenoxy) is 1. The van der Waals surface area contributed by atoms with Gasteiger partial charge in [-0.05, 0) is 7.05 Å². The normalized spacial score (nSPS) is 20.4. The summed E-state index contributed by atoms with van der Waals surface area (Å²) in [7, 11) is 4.09. The van der Waals surface area contributed by atoms with Crippen molar-refractivity contribution in [3.8, 4) is 0 Å². The molecule has 0 amide bonds. The van der Waals surface area contributed by atoms with Gasteiger partial charge in [0.15, 0.2) is 5.65 Å². The second-order valence-electron chi connectivity index (χ2n) is 6.24. The van der Waals surface area contributed by atoms with Crippen molar-refractivity contribution >= 4 is 22.8 Å². The molecule has 4 heterocycles. The molecule has 2 aliphatic heterocycles. The number of piperazine rings is 1. The molecule has 2 aliphatic rings. The summed E-state index contributed by atoms with van der Waals surface area (Å²) >= 11 is 0. The van der Waals surface area contributed by atoms with Crippen molar-refractivity contribution in [3.63, 3.8) is 0 Å². The van der Waals surface area contributed by atoms with Gasteiger partial charge in [0.25, 0.3) is 0 Å². The number of morpholine rings is 1. The molecule has 0 atom stereocenters. The summed E-state index contributed by atoms with van der Waals surface area (Å²) in [5, 5.41) is 5.40. The van der Waals surface area contributed by atoms with Crippen molar-refractivity contribution in [2.24, 2.45) is 7.05 Å². The topological polar surface area (TPSA) is 62.6 Å². The number of hydrogen-bond donors (Lipinski definition) is 0. The van der Waals surface area contributed by atoms with Crippen molar-refractivity contribution in [1.29, 1.82) is 0 Å². The number of rotatable bonds is 2. The highest BCUT2D eigenvalue weighted by Gasteiger charge is 2.23. The summed E-state index contributed by atoms with van der Waals surface area (Å²) in [6.07, 6.45) is 1.87. The van der Waals surface area contributed by atoms with Crippen molar-refractivity contribution in [1.82, 2.24) is 24.6 Å². The van der Waals surface area contributed by atoms with Gasteiger partial charge in [-0.2, -0.15) is 15.1 Å². The lowest BCUT2D eigenvalue weighted by molar-refractivity contribution is 0.122. The van der Waals surface area contributed by atoms with Crippen LogP contribution in [-0.2, 0) is 11.8 Å². The number of hydrogen-bond acceptors (Lipinski definition) is 7. The lowest BCUT2D eigenvalue weighted by Crippen LogP contribution is -2.45. The summed E-state index contributed by atoms with van der Waals surface area (Å²) in [6, 6.07) is 0. The summed E-state index contributed by atoms with van der Waals surface area (Å²) in [5.41, 5.74) is 0.899. The van der Waals surface area contributed by atoms with E-state index in [1.165, 1.54) is 0 Å². The molecule has 2 aromatic heterocycles. The summed E-state index contributed by atoms with van der Waals surface area (Å²) in [4.78, 5) is 16.6. The highest BCUT2D eigenvalue weighted by Crippen LogP contribution is 2.27. The smallest absolute Gasteiger partial charge is 0.229 e. The van der Waals surface area contributed by atoms with Gasteiger partial charge in [0.2, 0.25) is 5.95 Å². The minimum Gasteiger partial charge on any atom is -0.378 e. The number of fused-ring (bicyclic) bond motifs is 1. The van der Waals surface area contributed by atoms with E-state index in [1.807, 2.05) is 17.9 Å². The van der Waals surface area contributed by atoms with Crippen LogP contribution in [0.4, 0.5) is 11.8 Å². The molecular weight excluding hydrogens is 294 g/mol. The lowest BCUT2D eigenvalue weighted by atomic mass is 10.3. The first-order chi connectivity index (χ1) is 11.2. The lowest BCUT2D eigenvalue weighted by Gasteiger charge is -2.33. The van der Waals surface area contributed by atoms with Crippen LogP contribution in [0.5, 0.6) is 0 Å². The fourth-order valence-corrected chi connectivity index (χ4v) is 3.16. The van der Waals surface area contributed by atoms with E-state index in [0.29, 0.717) is 0 Å². The Balaban J connectivity index is 1.74. The quantitative estimate of drug-likeness (QED) is 0.769. The molecular formula is C15H23N7O. The largest absolute Gasteiger partial charge is 0.378 e. The molecule has 124 valence electrons. The molecule has 2 aromatic rings. The molecule has 23 heavy (non-hydrogen) atoms. The van der Waals surface area contributed by atoms with E-state index in [1.54, 1.807) is 0 Å². The number of anilines is 2. The van der Waals surface area contributed by atoms with E-state index in [2.05, 4.69) is 26.8 Å². The Hall–Kier alpha value is -1.93. The van der Waals surface area contributed by atoms with Crippen molar-refractivity contribution in [2.75, 3.05) is 69.3 Å². The molecule has 0 N–H and O–H groups in total. The Morgan fingerprint density at radius 3 is 2.39 bits per heavy atom. The molecule has 8 heteroatoms. The van der Waals surface area contributed by atoms with Crippen LogP contribution >= 0.6 is 0 Å². The Bertz CT molecular complexity index is 686. The third-order valence-corrected chi connectivity index (χ3v) is 4.66. The van der Waals surface area contributed by atoms with Gasteiger partial charge in [-0.3, -0.25) is 4.68 Å². The first-order valence-corrected chi connectivity index (χ1v) is 8.18. The van der Waals surface area contributed by atoms with E-state index < -0.39 is 0 Å². The summed E-state index contributed by atoms with van der Waals surface area (Å²) in [5.74, 6) is 1.80. The Morgan fingerprint density at radius 1 is 0.913 bits per heavy atom. The van der Waals surface area contributed by atoms with E-state index >= 15 is 0 Å². The molecule has 0 bridgehead atoms. The maximum atomic E-state index is 5.47. The maximum Gasteiger partial charge on any atom is 0.229 e. The van der Waals surface area contributed by atoms with Gasteiger partial charge in [-0.15, -0.1) is 0 Å². The molecule has 0 aromatic carbocycles. The van der Waals surface area contributed by atoms with E-state index in [-0.39, 0.29) is 0 Å². The van der Waals surface area contributed by atoms with E-state index in [9.17, 15) is 0 Å². The average Bonchev–Trinajstić information content (AvgIpc) is 2.97. The minimum atomic E-state index is 0.746. The van der Waals surface area contributed by atoms with Crippen LogP contribution < -0.4 is 9.80 Å². The van der Waals surface area contributed by atoms with Gasteiger partial charge in [0.05, 0.1) is 24.8 Å². The molecule has 4 rings (SSSR count). The average molecular weight is 317 g/mol. The van der Waals surface area contributed by atoms with Crippen LogP contribution in [0.15, 0.2) is 6.20 Å². The maximum absolute atomic E-state index is 5.47. The highest BCUT2D eigenvalue weighted by atomic mass is 16.5. The zero-order valence-corrected chi connectivity index (χ0v) is 13.8. The van der Waals surface area contributed by atoms with Gasteiger partial charge in [0, 0.05) is 46.3 Å². The standard InChI is InChI=1S/C15H23N7O/c1-19-3-5-22(6-4-19)15-17-13-12(11-16-20(13)2)14(18-15)21-7-9-23-10-8-21/h11H,3-10H2,1-2H3. The van der Waals surface area contributed by atoms with Crippen LogP contribution in [0.3, 0.4) is 0 Å². The van der Waals surface area contributed by atoms with E-state index in [0.717, 1.165) is 75.3 Å². The number of nitrogens with zero attached hydrogens (tertiary/aromatic N) is 7. The van der Waals surface area contributed by atoms with Gasteiger partial charge < -0.3 is 19.4 Å². The van der Waals surface area contributed by atoms with Crippen molar-refractivity contribution in [3.05, 3.63) is 6.20 Å². The first kappa shape index (κ1) is 14.6. The van der Waals surface area contributed by atoms with Crippen molar-refractivity contribution < 1.29 is 4.74 Å². The predicted octanol–water partition coefficient (Wildman–Crippen LogP) is -0.0483. The van der Waals surface area contributed by atoms with Crippen LogP contribution in [-0.4, -0.2) is 84.2 Å². The van der Waals surface area contributed by atoms with Crippen LogP contribution in [0.2, 0.25) is 0 Å². The molecule has 0 aliphatic carbocycles. The second kappa shape index (κ2) is 5.93. The fraction of sp³-hybridized carbons (Fsp3) is 0.667. The zero-order valence-electron chi connectivity index (χ0n) is 13.8. The monoisotopic (exact) mass is 317 g/mol. The van der Waals surface area contributed by atoms with Crippen molar-refractivity contribution in [2.45, 2.75) is 0 Å². The van der Waals surface area contributed by atoms with Crippen LogP contribution in [0, 0.1) is 0 Å². The summed E-state index contributed by atoms with van der Waals surface area (Å²) < 4.78 is 7.31. The Labute approximate surface area is 135 Å². The number of likely N-dealkylation sites (N-methyl/N-ethyl adjacent to an activating group) is 1. The predicted molar refractivity (Wildman–Crippen MR) is 89.0 cm³/mol. The minimum absolute atomic E-state index is 0.746. The molecule has 0 unspecified atom stereocenters. The molecule has 8 nitrogen and oxygen atoms in total. The third kappa shape index (κ3) is 2.72. The molecule has 2 saturated heterocycles. The van der Waals surface area contributed by atoms with E-state index in [4.69, 9.17) is 14.7 Å². The SMILES string of the molecule is CN1CCN(c2nc(N3CCOCC3)c3cnn(C)c3n2)CC1. The number of aryl methyl sites for hydroxylation is 1. The molecule has 2 fully saturated rings. The van der Waals surface area contributed by atoms with Gasteiger partial charge in [-0.1, -0.05) is 0 Å². The number of aromatic nitrogens is 4. The third-order valence-electron chi connectivity index (χ3n) is 4.66. The molecule has 0 radical (unpaired) electrons. The molecule has 0 spiro atoms. The summed E-state index contributed by atoms with van der Waals surface area (Å²) in [6.45, 7) is 7.22. The fourth-order valence-electron chi connectivity index (χ4n) is 3.16. The van der Waals surface area contributed by atoms with Gasteiger partial charge >= 0.3 is 0 Å². The van der Waals surface area contributed by atoms with Gasteiger partial charge in [0.1, 0.15) is 5.82 Å². The van der Waals surface area contributed by atoms with Gasteiger partial charge in [-0.25, -0.2) is 0 Å². The Kier molecular flexibility index (Phi) is 3.78. The first-order valence-electron chi connectivity index (χ1n) is 8.18. The van der Waals surface area contributed by atoms with Crippen LogP contribution in [0.25, 0.3) is 11.0 Å². The van der Waals surface area contributed by atoms with Crippen LogP contribution in [0.1, 0.15) is 0 Å². The second-order valence-corrected chi connectivity index (χ2v) is 6.24. The Morgan fingerprint density at radius 2 is 1.65 bits per heavy atom. The zero-order chi connectivity index (χ0) is 15.8. The molecule has 0 saturated carbocycles. The highest BCUT2D eigenvalue weighted by molar-refractivity contribution is 5.88.